The van der Waals surface area contributed by atoms with Crippen LogP contribution in [0.15, 0.2) is 24.3 Å². The van der Waals surface area contributed by atoms with Crippen molar-refractivity contribution < 1.29 is 19.1 Å². The second kappa shape index (κ2) is 8.14. The Morgan fingerprint density at radius 1 is 1.19 bits per heavy atom. The van der Waals surface area contributed by atoms with Crippen molar-refractivity contribution in [3.63, 3.8) is 0 Å². The lowest BCUT2D eigenvalue weighted by Gasteiger charge is -2.17. The van der Waals surface area contributed by atoms with E-state index in [9.17, 15) is 9.59 Å². The highest BCUT2D eigenvalue weighted by atomic mass is 16.6. The molecule has 0 heterocycles. The number of amides is 1. The Kier molecular flexibility index (Phi) is 6.52. The van der Waals surface area contributed by atoms with E-state index >= 15 is 0 Å². The molecule has 0 aliphatic heterocycles. The number of carbonyl (C=O) groups is 2. The first-order chi connectivity index (χ1) is 9.90. The number of para-hydroxylation sites is 2. The van der Waals surface area contributed by atoms with Crippen LogP contribution in [0.1, 0.15) is 20.8 Å². The molecule has 6 heteroatoms. The molecule has 1 unspecified atom stereocenters. The zero-order chi connectivity index (χ0) is 15.8. The van der Waals surface area contributed by atoms with Crippen LogP contribution in [0.2, 0.25) is 0 Å². The van der Waals surface area contributed by atoms with Crippen LogP contribution in [-0.2, 0) is 14.3 Å². The summed E-state index contributed by atoms with van der Waals surface area (Å²) in [4.78, 5) is 23.0. The van der Waals surface area contributed by atoms with Gasteiger partial charge in [0.25, 0.3) is 5.91 Å². The average Bonchev–Trinajstić information content (AvgIpc) is 2.44. The number of hydrogen-bond acceptors (Lipinski definition) is 5. The predicted octanol–water partition coefficient (Wildman–Crippen LogP) is 1.35. The highest BCUT2D eigenvalue weighted by Gasteiger charge is 2.13. The number of benzene rings is 1. The van der Waals surface area contributed by atoms with Gasteiger partial charge in [0.1, 0.15) is 5.75 Å². The fraction of sp³-hybridized carbons (Fsp3) is 0.467. The molecule has 0 aliphatic rings. The zero-order valence-electron chi connectivity index (χ0n) is 12.6. The molecular weight excluding hydrogens is 272 g/mol. The van der Waals surface area contributed by atoms with Crippen molar-refractivity contribution in [1.29, 1.82) is 0 Å². The van der Waals surface area contributed by atoms with Gasteiger partial charge in [-0.1, -0.05) is 26.0 Å². The van der Waals surface area contributed by atoms with E-state index < -0.39 is 5.97 Å². The molecule has 1 rings (SSSR count). The first kappa shape index (κ1) is 16.8. The number of carbonyl (C=O) groups excluding carboxylic acids is 2. The largest absolute Gasteiger partial charge is 0.480 e. The number of rotatable bonds is 7. The van der Waals surface area contributed by atoms with Crippen LogP contribution >= 0.6 is 0 Å². The third-order valence-corrected chi connectivity index (χ3v) is 3.02. The number of nitrogens with one attached hydrogen (secondary N) is 1. The topological polar surface area (TPSA) is 90.6 Å². The van der Waals surface area contributed by atoms with Crippen molar-refractivity contribution in [1.82, 2.24) is 5.32 Å². The number of ether oxygens (including phenoxy) is 2. The van der Waals surface area contributed by atoms with E-state index in [1.165, 1.54) is 0 Å². The van der Waals surface area contributed by atoms with Crippen LogP contribution in [-0.4, -0.2) is 31.1 Å². The van der Waals surface area contributed by atoms with Crippen molar-refractivity contribution in [2.45, 2.75) is 26.8 Å². The van der Waals surface area contributed by atoms with Gasteiger partial charge >= 0.3 is 5.97 Å². The summed E-state index contributed by atoms with van der Waals surface area (Å²) in [6.07, 6.45) is 0. The molecule has 0 radical (unpaired) electrons. The van der Waals surface area contributed by atoms with E-state index in [0.29, 0.717) is 17.4 Å². The summed E-state index contributed by atoms with van der Waals surface area (Å²) < 4.78 is 10.0. The van der Waals surface area contributed by atoms with E-state index in [1.807, 2.05) is 20.8 Å². The van der Waals surface area contributed by atoms with Gasteiger partial charge in [0.2, 0.25) is 0 Å². The SMILES string of the molecule is CC(C)C(C)NC(=O)COC(=O)COc1ccccc1N. The highest BCUT2D eigenvalue weighted by Crippen LogP contribution is 2.19. The smallest absolute Gasteiger partial charge is 0.344 e. The molecule has 0 spiro atoms. The van der Waals surface area contributed by atoms with Crippen molar-refractivity contribution in [2.75, 3.05) is 18.9 Å². The Balaban J connectivity index is 2.28. The van der Waals surface area contributed by atoms with E-state index in [0.717, 1.165) is 0 Å². The molecule has 3 N–H and O–H groups in total. The fourth-order valence-electron chi connectivity index (χ4n) is 1.40. The lowest BCUT2D eigenvalue weighted by Crippen LogP contribution is -2.39. The maximum Gasteiger partial charge on any atom is 0.344 e. The monoisotopic (exact) mass is 294 g/mol. The van der Waals surface area contributed by atoms with Gasteiger partial charge in [-0.15, -0.1) is 0 Å². The van der Waals surface area contributed by atoms with Crippen molar-refractivity contribution in [3.05, 3.63) is 24.3 Å². The molecule has 1 aromatic carbocycles. The molecule has 1 aromatic rings. The first-order valence-electron chi connectivity index (χ1n) is 6.82. The van der Waals surface area contributed by atoms with Crippen molar-refractivity contribution in [3.8, 4) is 5.75 Å². The van der Waals surface area contributed by atoms with Crippen LogP contribution in [0.25, 0.3) is 0 Å². The average molecular weight is 294 g/mol. The Labute approximate surface area is 124 Å². The second-order valence-corrected chi connectivity index (χ2v) is 5.09. The molecule has 1 amide bonds. The molecule has 0 aliphatic carbocycles. The molecule has 0 saturated heterocycles. The Hall–Kier alpha value is -2.24. The Morgan fingerprint density at radius 3 is 2.48 bits per heavy atom. The number of esters is 1. The maximum absolute atomic E-state index is 11.5. The van der Waals surface area contributed by atoms with Gasteiger partial charge in [-0.2, -0.15) is 0 Å². The minimum absolute atomic E-state index is 0.0246. The summed E-state index contributed by atoms with van der Waals surface area (Å²) in [6, 6.07) is 6.86. The Morgan fingerprint density at radius 2 is 1.86 bits per heavy atom. The highest BCUT2D eigenvalue weighted by molar-refractivity contribution is 5.81. The van der Waals surface area contributed by atoms with Crippen LogP contribution in [0, 0.1) is 5.92 Å². The lowest BCUT2D eigenvalue weighted by atomic mass is 10.1. The summed E-state index contributed by atoms with van der Waals surface area (Å²) >= 11 is 0. The minimum Gasteiger partial charge on any atom is -0.480 e. The third-order valence-electron chi connectivity index (χ3n) is 3.02. The van der Waals surface area contributed by atoms with E-state index in [2.05, 4.69) is 5.32 Å². The third kappa shape index (κ3) is 6.16. The standard InChI is InChI=1S/C15H22N2O4/c1-10(2)11(3)17-14(18)8-21-15(19)9-20-13-7-5-4-6-12(13)16/h4-7,10-11H,8-9,16H2,1-3H3,(H,17,18). The summed E-state index contributed by atoms with van der Waals surface area (Å²) in [5.74, 6) is -0.226. The van der Waals surface area contributed by atoms with Gasteiger partial charge in [-0.05, 0) is 25.0 Å². The van der Waals surface area contributed by atoms with Gasteiger partial charge in [0.05, 0.1) is 5.69 Å². The lowest BCUT2D eigenvalue weighted by molar-refractivity contribution is -0.150. The molecule has 0 saturated carbocycles. The zero-order valence-corrected chi connectivity index (χ0v) is 12.6. The number of hydrogen-bond donors (Lipinski definition) is 2. The normalized spacial score (nSPS) is 11.8. The van der Waals surface area contributed by atoms with E-state index in [1.54, 1.807) is 24.3 Å². The molecule has 0 bridgehead atoms. The second-order valence-electron chi connectivity index (χ2n) is 5.09. The molecule has 0 fully saturated rings. The van der Waals surface area contributed by atoms with Gasteiger partial charge in [0.15, 0.2) is 13.2 Å². The van der Waals surface area contributed by atoms with Gasteiger partial charge in [-0.25, -0.2) is 4.79 Å². The van der Waals surface area contributed by atoms with Crippen LogP contribution in [0.3, 0.4) is 0 Å². The predicted molar refractivity (Wildman–Crippen MR) is 79.8 cm³/mol. The summed E-state index contributed by atoms with van der Waals surface area (Å²) in [7, 11) is 0. The summed E-state index contributed by atoms with van der Waals surface area (Å²) in [6.45, 7) is 5.28. The minimum atomic E-state index is -0.620. The van der Waals surface area contributed by atoms with Gasteiger partial charge < -0.3 is 20.5 Å². The summed E-state index contributed by atoms with van der Waals surface area (Å²) in [5, 5.41) is 2.74. The molecule has 1 atom stereocenters. The van der Waals surface area contributed by atoms with Crippen molar-refractivity contribution in [2.24, 2.45) is 5.92 Å². The fourth-order valence-corrected chi connectivity index (χ4v) is 1.40. The molecule has 0 aromatic heterocycles. The molecular formula is C15H22N2O4. The number of anilines is 1. The van der Waals surface area contributed by atoms with E-state index in [-0.39, 0.29) is 25.2 Å². The van der Waals surface area contributed by atoms with Crippen LogP contribution in [0.4, 0.5) is 5.69 Å². The van der Waals surface area contributed by atoms with Crippen LogP contribution in [0.5, 0.6) is 5.75 Å². The number of nitrogen functional groups attached to an aromatic ring is 1. The molecule has 6 nitrogen and oxygen atoms in total. The van der Waals surface area contributed by atoms with E-state index in [4.69, 9.17) is 15.2 Å². The van der Waals surface area contributed by atoms with Crippen molar-refractivity contribution >= 4 is 17.6 Å². The molecule has 21 heavy (non-hydrogen) atoms. The number of nitrogens with two attached hydrogens (primary N) is 1. The van der Waals surface area contributed by atoms with Crippen LogP contribution < -0.4 is 15.8 Å². The first-order valence-corrected chi connectivity index (χ1v) is 6.82. The van der Waals surface area contributed by atoms with Gasteiger partial charge in [-0.3, -0.25) is 4.79 Å². The Bertz CT molecular complexity index is 488. The molecule has 116 valence electrons. The van der Waals surface area contributed by atoms with Gasteiger partial charge in [0, 0.05) is 6.04 Å². The maximum atomic E-state index is 11.5. The summed E-state index contributed by atoms with van der Waals surface area (Å²) in [5.41, 5.74) is 6.11. The quantitative estimate of drug-likeness (QED) is 0.585.